The van der Waals surface area contributed by atoms with E-state index < -0.39 is 0 Å². The van der Waals surface area contributed by atoms with Crippen molar-refractivity contribution >= 4 is 23.6 Å². The fraction of sp³-hybridized carbons (Fsp3) is 0.158. The fourth-order valence-electron chi connectivity index (χ4n) is 2.82. The summed E-state index contributed by atoms with van der Waals surface area (Å²) in [5, 5.41) is 0. The third-order valence-electron chi connectivity index (χ3n) is 4.33. The van der Waals surface area contributed by atoms with Crippen LogP contribution in [0.2, 0.25) is 0 Å². The summed E-state index contributed by atoms with van der Waals surface area (Å²) in [6, 6.07) is 13.2. The topological polar surface area (TPSA) is 40.5 Å². The van der Waals surface area contributed by atoms with Crippen LogP contribution in [-0.4, -0.2) is 11.4 Å². The molecule has 0 atom stereocenters. The minimum Gasteiger partial charge on any atom is -0.454 e. The van der Waals surface area contributed by atoms with Gasteiger partial charge in [0.25, 0.3) is 5.56 Å². The maximum atomic E-state index is 12.8. The predicted molar refractivity (Wildman–Crippen MR) is 102 cm³/mol. The molecule has 1 aliphatic rings. The van der Waals surface area contributed by atoms with Gasteiger partial charge in [-0.3, -0.25) is 9.36 Å². The fourth-order valence-corrected chi connectivity index (χ4v) is 4.15. The third-order valence-corrected chi connectivity index (χ3v) is 5.69. The normalized spacial score (nSPS) is 12.4. The maximum Gasteiger partial charge on any atom is 0.258 e. The Morgan fingerprint density at radius 3 is 2.68 bits per heavy atom. The Labute approximate surface area is 153 Å². The lowest BCUT2D eigenvalue weighted by Crippen LogP contribution is -2.18. The summed E-state index contributed by atoms with van der Waals surface area (Å²) in [4.78, 5) is 13.6. The summed E-state index contributed by atoms with van der Waals surface area (Å²) in [7, 11) is 0. The van der Waals surface area contributed by atoms with Gasteiger partial charge in [-0.1, -0.05) is 12.1 Å². The van der Waals surface area contributed by atoms with Gasteiger partial charge in [-0.05, 0) is 67.0 Å². The smallest absolute Gasteiger partial charge is 0.258 e. The van der Waals surface area contributed by atoms with Crippen molar-refractivity contribution in [3.63, 3.8) is 0 Å². The third kappa shape index (κ3) is 2.77. The molecule has 4 rings (SSSR count). The highest BCUT2D eigenvalue weighted by molar-refractivity contribution is 7.73. The number of ether oxygens (including phenoxy) is 2. The van der Waals surface area contributed by atoms with Crippen LogP contribution >= 0.6 is 23.6 Å². The number of hydrogen-bond donors (Lipinski definition) is 0. The molecule has 1 aliphatic heterocycles. The Hall–Kier alpha value is -2.44. The standard InChI is InChI=1S/C19H15NO3S2/c1-11-4-3-5-14(12(11)2)20-18(21)9-17(25-19(20)24)13-6-7-15-16(8-13)23-10-22-15/h3-9H,10H2,1-2H3. The molecule has 4 nitrogen and oxygen atoms in total. The van der Waals surface area contributed by atoms with E-state index in [0.29, 0.717) is 9.70 Å². The average molecular weight is 369 g/mol. The number of hydrogen-bond acceptors (Lipinski definition) is 5. The van der Waals surface area contributed by atoms with Gasteiger partial charge >= 0.3 is 0 Å². The van der Waals surface area contributed by atoms with Gasteiger partial charge in [0, 0.05) is 10.9 Å². The van der Waals surface area contributed by atoms with E-state index in [1.807, 2.05) is 50.2 Å². The average Bonchev–Trinajstić information content (AvgIpc) is 3.05. The largest absolute Gasteiger partial charge is 0.454 e. The first-order valence-corrected chi connectivity index (χ1v) is 9.01. The summed E-state index contributed by atoms with van der Waals surface area (Å²) in [6.07, 6.45) is 0. The number of aromatic nitrogens is 1. The first-order chi connectivity index (χ1) is 12.0. The summed E-state index contributed by atoms with van der Waals surface area (Å²) in [5.74, 6) is 1.41. The van der Waals surface area contributed by atoms with Gasteiger partial charge in [0.05, 0.1) is 5.69 Å². The molecule has 0 bridgehead atoms. The van der Waals surface area contributed by atoms with Gasteiger partial charge in [0.15, 0.2) is 15.5 Å². The molecule has 0 saturated carbocycles. The quantitative estimate of drug-likeness (QED) is 0.617. The van der Waals surface area contributed by atoms with E-state index in [1.54, 1.807) is 10.6 Å². The molecule has 0 aliphatic carbocycles. The minimum absolute atomic E-state index is 0.134. The Kier molecular flexibility index (Phi) is 3.94. The van der Waals surface area contributed by atoms with Crippen LogP contribution in [0.15, 0.2) is 47.3 Å². The number of rotatable bonds is 2. The molecular weight excluding hydrogens is 354 g/mol. The zero-order valence-electron chi connectivity index (χ0n) is 13.7. The van der Waals surface area contributed by atoms with Gasteiger partial charge < -0.3 is 9.47 Å². The molecule has 3 aromatic rings. The first-order valence-electron chi connectivity index (χ1n) is 7.78. The zero-order chi connectivity index (χ0) is 17.6. The summed E-state index contributed by atoms with van der Waals surface area (Å²) >= 11 is 6.94. The van der Waals surface area contributed by atoms with Crippen molar-refractivity contribution < 1.29 is 9.47 Å². The van der Waals surface area contributed by atoms with Gasteiger partial charge in [-0.2, -0.15) is 0 Å². The van der Waals surface area contributed by atoms with Gasteiger partial charge in [0.1, 0.15) is 0 Å². The van der Waals surface area contributed by atoms with Crippen molar-refractivity contribution in [2.24, 2.45) is 0 Å². The molecule has 126 valence electrons. The van der Waals surface area contributed by atoms with Gasteiger partial charge in [-0.15, -0.1) is 11.3 Å². The monoisotopic (exact) mass is 369 g/mol. The molecule has 0 radical (unpaired) electrons. The molecule has 0 fully saturated rings. The van der Waals surface area contributed by atoms with E-state index in [2.05, 4.69) is 0 Å². The van der Waals surface area contributed by atoms with E-state index in [9.17, 15) is 4.79 Å². The van der Waals surface area contributed by atoms with Crippen molar-refractivity contribution in [3.8, 4) is 27.6 Å². The molecule has 0 unspecified atom stereocenters. The summed E-state index contributed by atoms with van der Waals surface area (Å²) in [6.45, 7) is 4.25. The van der Waals surface area contributed by atoms with Crippen LogP contribution in [0.4, 0.5) is 0 Å². The Morgan fingerprint density at radius 2 is 1.88 bits per heavy atom. The second-order valence-electron chi connectivity index (χ2n) is 5.84. The van der Waals surface area contributed by atoms with Crippen LogP contribution in [0.3, 0.4) is 0 Å². The van der Waals surface area contributed by atoms with E-state index in [0.717, 1.165) is 33.0 Å². The second kappa shape index (κ2) is 6.13. The van der Waals surface area contributed by atoms with Crippen LogP contribution in [-0.2, 0) is 0 Å². The maximum absolute atomic E-state index is 12.8. The van der Waals surface area contributed by atoms with Crippen LogP contribution in [0, 0.1) is 17.8 Å². The molecule has 0 saturated heterocycles. The van der Waals surface area contributed by atoms with Gasteiger partial charge in [0.2, 0.25) is 6.79 Å². The van der Waals surface area contributed by atoms with Crippen LogP contribution in [0.1, 0.15) is 11.1 Å². The van der Waals surface area contributed by atoms with Crippen LogP contribution < -0.4 is 15.0 Å². The molecule has 0 spiro atoms. The molecular formula is C19H15NO3S2. The van der Waals surface area contributed by atoms with Crippen molar-refractivity contribution in [3.05, 3.63) is 67.9 Å². The molecule has 2 aromatic carbocycles. The lowest BCUT2D eigenvalue weighted by atomic mass is 10.1. The Bertz CT molecular complexity index is 1070. The molecule has 6 heteroatoms. The van der Waals surface area contributed by atoms with E-state index >= 15 is 0 Å². The SMILES string of the molecule is Cc1cccc(-n2c(=O)cc(-c3ccc4c(c3)OCO4)sc2=S)c1C. The molecule has 1 aromatic heterocycles. The Morgan fingerprint density at radius 1 is 1.08 bits per heavy atom. The predicted octanol–water partition coefficient (Wildman–Crippen LogP) is 4.64. The van der Waals surface area contributed by atoms with Crippen molar-refractivity contribution in [1.82, 2.24) is 4.57 Å². The number of benzene rings is 2. The van der Waals surface area contributed by atoms with E-state index in [4.69, 9.17) is 21.7 Å². The number of aryl methyl sites for hydroxylation is 1. The Balaban J connectivity index is 1.86. The van der Waals surface area contributed by atoms with E-state index in [-0.39, 0.29) is 12.4 Å². The first kappa shape index (κ1) is 16.1. The van der Waals surface area contributed by atoms with E-state index in [1.165, 1.54) is 11.3 Å². The van der Waals surface area contributed by atoms with Crippen molar-refractivity contribution in [1.29, 1.82) is 0 Å². The minimum atomic E-state index is -0.134. The number of fused-ring (bicyclic) bond motifs is 1. The van der Waals surface area contributed by atoms with Gasteiger partial charge in [-0.25, -0.2) is 0 Å². The van der Waals surface area contributed by atoms with Crippen LogP contribution in [0.5, 0.6) is 11.5 Å². The molecule has 0 N–H and O–H groups in total. The van der Waals surface area contributed by atoms with Crippen molar-refractivity contribution in [2.75, 3.05) is 6.79 Å². The summed E-state index contributed by atoms with van der Waals surface area (Å²) < 4.78 is 12.9. The highest BCUT2D eigenvalue weighted by atomic mass is 32.1. The highest BCUT2D eigenvalue weighted by Crippen LogP contribution is 2.36. The molecule has 2 heterocycles. The van der Waals surface area contributed by atoms with Crippen LogP contribution in [0.25, 0.3) is 16.1 Å². The second-order valence-corrected chi connectivity index (χ2v) is 7.51. The molecule has 0 amide bonds. The number of nitrogens with zero attached hydrogens (tertiary/aromatic N) is 1. The lowest BCUT2D eigenvalue weighted by molar-refractivity contribution is 0.174. The van der Waals surface area contributed by atoms with Crippen molar-refractivity contribution in [2.45, 2.75) is 13.8 Å². The highest BCUT2D eigenvalue weighted by Gasteiger charge is 2.15. The summed E-state index contributed by atoms with van der Waals surface area (Å²) in [5.41, 5.74) is 3.78. The lowest BCUT2D eigenvalue weighted by Gasteiger charge is -2.12. The molecule has 25 heavy (non-hydrogen) atoms. The zero-order valence-corrected chi connectivity index (χ0v) is 15.4.